The minimum atomic E-state index is -4.09. The van der Waals surface area contributed by atoms with E-state index in [-0.39, 0.29) is 29.7 Å². The fourth-order valence-corrected chi connectivity index (χ4v) is 5.06. The van der Waals surface area contributed by atoms with Crippen LogP contribution in [0.15, 0.2) is 23.1 Å². The van der Waals surface area contributed by atoms with Crippen LogP contribution in [-0.4, -0.2) is 50.0 Å². The number of hydrogen-bond acceptors (Lipinski definition) is 4. The molecule has 1 atom stereocenters. The van der Waals surface area contributed by atoms with Gasteiger partial charge < -0.3 is 10.1 Å². The van der Waals surface area contributed by atoms with Gasteiger partial charge in [0.2, 0.25) is 15.9 Å². The van der Waals surface area contributed by atoms with Crippen molar-refractivity contribution in [3.63, 3.8) is 0 Å². The molecule has 0 radical (unpaired) electrons. The molecular formula is C13H14ClFN2O4S. The summed E-state index contributed by atoms with van der Waals surface area (Å²) in [6.07, 6.45) is 0. The molecule has 2 fully saturated rings. The Hall–Kier alpha value is -1.22. The van der Waals surface area contributed by atoms with Crippen LogP contribution in [0.2, 0.25) is 5.02 Å². The Morgan fingerprint density at radius 2 is 2.09 bits per heavy atom. The van der Waals surface area contributed by atoms with Gasteiger partial charge in [0, 0.05) is 11.6 Å². The fraction of sp³-hybridized carbons (Fsp3) is 0.462. The lowest BCUT2D eigenvalue weighted by molar-refractivity contribution is -0.153. The number of amides is 1. The third-order valence-corrected chi connectivity index (χ3v) is 6.20. The molecule has 1 spiro atoms. The van der Waals surface area contributed by atoms with Crippen LogP contribution in [0.3, 0.4) is 0 Å². The van der Waals surface area contributed by atoms with E-state index in [0.29, 0.717) is 0 Å². The standard InChI is InChI=1S/C13H14ClFN2O4S/c1-8-12(18)16-5-13(6-21-7-13)17(8)22(19,20)11-3-9(14)2-10(15)4-11/h2-4,8H,5-7H2,1H3,(H,16,18)/t8-/m0/s1. The van der Waals surface area contributed by atoms with Crippen molar-refractivity contribution in [1.29, 1.82) is 0 Å². The van der Waals surface area contributed by atoms with Gasteiger partial charge in [-0.05, 0) is 25.1 Å². The fourth-order valence-electron chi connectivity index (χ4n) is 2.82. The highest BCUT2D eigenvalue weighted by molar-refractivity contribution is 7.89. The average molecular weight is 349 g/mol. The van der Waals surface area contributed by atoms with Gasteiger partial charge >= 0.3 is 0 Å². The number of nitrogens with one attached hydrogen (secondary N) is 1. The van der Waals surface area contributed by atoms with E-state index in [0.717, 1.165) is 16.4 Å². The molecule has 2 aliphatic rings. The van der Waals surface area contributed by atoms with E-state index in [9.17, 15) is 17.6 Å². The van der Waals surface area contributed by atoms with Gasteiger partial charge in [-0.25, -0.2) is 12.8 Å². The predicted molar refractivity (Wildman–Crippen MR) is 76.5 cm³/mol. The van der Waals surface area contributed by atoms with Crippen molar-refractivity contribution in [1.82, 2.24) is 9.62 Å². The lowest BCUT2D eigenvalue weighted by Gasteiger charge is -2.53. The van der Waals surface area contributed by atoms with Crippen LogP contribution in [0, 0.1) is 5.82 Å². The van der Waals surface area contributed by atoms with Crippen molar-refractivity contribution in [3.8, 4) is 0 Å². The van der Waals surface area contributed by atoms with Crippen molar-refractivity contribution in [2.45, 2.75) is 23.4 Å². The highest BCUT2D eigenvalue weighted by Crippen LogP contribution is 2.35. The molecule has 6 nitrogen and oxygen atoms in total. The molecule has 1 N–H and O–H groups in total. The van der Waals surface area contributed by atoms with E-state index < -0.39 is 33.3 Å². The van der Waals surface area contributed by atoms with Crippen molar-refractivity contribution in [2.75, 3.05) is 19.8 Å². The van der Waals surface area contributed by atoms with Crippen LogP contribution in [0.5, 0.6) is 0 Å². The number of hydrogen-bond donors (Lipinski definition) is 1. The van der Waals surface area contributed by atoms with Crippen LogP contribution in [0.4, 0.5) is 4.39 Å². The minimum Gasteiger partial charge on any atom is -0.377 e. The molecule has 0 bridgehead atoms. The Morgan fingerprint density at radius 1 is 1.41 bits per heavy atom. The Morgan fingerprint density at radius 3 is 2.64 bits per heavy atom. The topological polar surface area (TPSA) is 75.7 Å². The molecule has 0 aromatic heterocycles. The molecule has 22 heavy (non-hydrogen) atoms. The van der Waals surface area contributed by atoms with Gasteiger partial charge in [0.1, 0.15) is 17.4 Å². The lowest BCUT2D eigenvalue weighted by atomic mass is 9.93. The molecule has 3 rings (SSSR count). The molecule has 0 aliphatic carbocycles. The van der Waals surface area contributed by atoms with Crippen molar-refractivity contribution in [3.05, 3.63) is 29.0 Å². The zero-order chi connectivity index (χ0) is 16.1. The monoisotopic (exact) mass is 348 g/mol. The summed E-state index contributed by atoms with van der Waals surface area (Å²) in [6, 6.07) is 2.18. The van der Waals surface area contributed by atoms with Crippen LogP contribution >= 0.6 is 11.6 Å². The summed E-state index contributed by atoms with van der Waals surface area (Å²) >= 11 is 5.75. The van der Waals surface area contributed by atoms with E-state index >= 15 is 0 Å². The van der Waals surface area contributed by atoms with E-state index in [2.05, 4.69) is 5.32 Å². The highest BCUT2D eigenvalue weighted by Gasteiger charge is 2.56. The third kappa shape index (κ3) is 2.30. The van der Waals surface area contributed by atoms with Gasteiger partial charge in [-0.15, -0.1) is 0 Å². The molecule has 9 heteroatoms. The molecule has 2 heterocycles. The number of sulfonamides is 1. The second kappa shape index (κ2) is 5.16. The third-order valence-electron chi connectivity index (χ3n) is 3.92. The zero-order valence-corrected chi connectivity index (χ0v) is 13.2. The first-order valence-corrected chi connectivity index (χ1v) is 8.44. The minimum absolute atomic E-state index is 0.0217. The Kier molecular flexibility index (Phi) is 3.67. The van der Waals surface area contributed by atoms with Crippen LogP contribution < -0.4 is 5.32 Å². The van der Waals surface area contributed by atoms with Crippen molar-refractivity contribution in [2.24, 2.45) is 0 Å². The summed E-state index contributed by atoms with van der Waals surface area (Å²) in [5, 5.41) is 2.65. The number of carbonyl (C=O) groups excluding carboxylic acids is 1. The number of piperazine rings is 1. The Balaban J connectivity index is 2.10. The second-order valence-corrected chi connectivity index (χ2v) is 7.77. The number of benzene rings is 1. The predicted octanol–water partition coefficient (Wildman–Crippen LogP) is 0.757. The van der Waals surface area contributed by atoms with E-state index in [1.165, 1.54) is 13.0 Å². The maximum Gasteiger partial charge on any atom is 0.244 e. The highest BCUT2D eigenvalue weighted by atomic mass is 35.5. The summed E-state index contributed by atoms with van der Waals surface area (Å²) in [6.45, 7) is 2.02. The summed E-state index contributed by atoms with van der Waals surface area (Å²) in [4.78, 5) is 11.6. The zero-order valence-electron chi connectivity index (χ0n) is 11.7. The number of ether oxygens (including phenoxy) is 1. The van der Waals surface area contributed by atoms with E-state index in [4.69, 9.17) is 16.3 Å². The molecule has 1 amide bonds. The molecule has 1 aromatic rings. The molecule has 2 saturated heterocycles. The molecule has 120 valence electrons. The molecule has 2 aliphatic heterocycles. The number of halogens is 2. The molecule has 1 aromatic carbocycles. The first kappa shape index (κ1) is 15.7. The van der Waals surface area contributed by atoms with Gasteiger partial charge in [0.25, 0.3) is 0 Å². The summed E-state index contributed by atoms with van der Waals surface area (Å²) in [5.74, 6) is -1.15. The first-order valence-electron chi connectivity index (χ1n) is 6.62. The van der Waals surface area contributed by atoms with Crippen LogP contribution in [0.25, 0.3) is 0 Å². The van der Waals surface area contributed by atoms with Gasteiger partial charge in [0.05, 0.1) is 18.1 Å². The van der Waals surface area contributed by atoms with Crippen LogP contribution in [-0.2, 0) is 19.6 Å². The summed E-state index contributed by atoms with van der Waals surface area (Å²) in [5.41, 5.74) is -0.828. The lowest BCUT2D eigenvalue weighted by Crippen LogP contribution is -2.75. The van der Waals surface area contributed by atoms with Crippen LogP contribution in [0.1, 0.15) is 6.92 Å². The van der Waals surface area contributed by atoms with Gasteiger partial charge in [0.15, 0.2) is 0 Å². The Labute approximate surface area is 132 Å². The number of rotatable bonds is 2. The summed E-state index contributed by atoms with van der Waals surface area (Å²) < 4.78 is 45.6. The first-order chi connectivity index (χ1) is 10.3. The molecular weight excluding hydrogens is 335 g/mol. The summed E-state index contributed by atoms with van der Waals surface area (Å²) in [7, 11) is -4.09. The second-order valence-electron chi connectivity index (χ2n) is 5.52. The van der Waals surface area contributed by atoms with E-state index in [1.54, 1.807) is 0 Å². The molecule has 0 saturated carbocycles. The normalized spacial score (nSPS) is 24.9. The van der Waals surface area contributed by atoms with Gasteiger partial charge in [-0.1, -0.05) is 11.6 Å². The molecule has 0 unspecified atom stereocenters. The maximum atomic E-state index is 13.5. The van der Waals surface area contributed by atoms with Gasteiger partial charge in [-0.2, -0.15) is 4.31 Å². The van der Waals surface area contributed by atoms with E-state index in [1.807, 2.05) is 0 Å². The maximum absolute atomic E-state index is 13.5. The quantitative estimate of drug-likeness (QED) is 0.856. The number of carbonyl (C=O) groups is 1. The van der Waals surface area contributed by atoms with Gasteiger partial charge in [-0.3, -0.25) is 4.79 Å². The van der Waals surface area contributed by atoms with Crippen molar-refractivity contribution < 1.29 is 22.3 Å². The number of nitrogens with zero attached hydrogens (tertiary/aromatic N) is 1. The Bertz CT molecular complexity index is 715. The largest absolute Gasteiger partial charge is 0.377 e. The average Bonchev–Trinajstić information content (AvgIpc) is 2.38. The smallest absolute Gasteiger partial charge is 0.244 e. The SMILES string of the molecule is C[C@H]1C(=O)NCC2(COC2)N1S(=O)(=O)c1cc(F)cc(Cl)c1. The van der Waals surface area contributed by atoms with Crippen molar-refractivity contribution >= 4 is 27.5 Å².